The van der Waals surface area contributed by atoms with Crippen LogP contribution in [0.2, 0.25) is 0 Å². The van der Waals surface area contributed by atoms with Gasteiger partial charge in [0.2, 0.25) is 10.0 Å². The van der Waals surface area contributed by atoms with E-state index in [0.717, 1.165) is 37.1 Å². The summed E-state index contributed by atoms with van der Waals surface area (Å²) in [5.74, 6) is 0. The van der Waals surface area contributed by atoms with Crippen LogP contribution >= 0.6 is 0 Å². The van der Waals surface area contributed by atoms with Crippen molar-refractivity contribution in [1.29, 1.82) is 0 Å². The van der Waals surface area contributed by atoms with E-state index in [-0.39, 0.29) is 21.8 Å². The molecule has 1 aromatic carbocycles. The molecule has 2 heterocycles. The summed E-state index contributed by atoms with van der Waals surface area (Å²) in [5.41, 5.74) is 4.97. The van der Waals surface area contributed by atoms with Crippen LogP contribution in [0.3, 0.4) is 0 Å². The molecule has 2 N–H and O–H groups in total. The van der Waals surface area contributed by atoms with E-state index in [4.69, 9.17) is 9.88 Å². The molecule has 0 spiro atoms. The lowest BCUT2D eigenvalue weighted by molar-refractivity contribution is 0.00595. The molecule has 2 aromatic rings. The van der Waals surface area contributed by atoms with Gasteiger partial charge in [-0.3, -0.25) is 0 Å². The van der Waals surface area contributed by atoms with Gasteiger partial charge in [-0.15, -0.1) is 0 Å². The lowest BCUT2D eigenvalue weighted by Crippen LogP contribution is -2.25. The Labute approximate surface area is 188 Å². The van der Waals surface area contributed by atoms with Crippen molar-refractivity contribution in [3.63, 3.8) is 0 Å². The monoisotopic (exact) mass is 446 g/mol. The zero-order chi connectivity index (χ0) is 23.2. The molecule has 1 aliphatic heterocycles. The van der Waals surface area contributed by atoms with Gasteiger partial charge in [0, 0.05) is 24.5 Å². The highest BCUT2D eigenvalue weighted by molar-refractivity contribution is 7.89. The van der Waals surface area contributed by atoms with Crippen LogP contribution in [0.5, 0.6) is 0 Å². The number of rotatable bonds is 4. The summed E-state index contributed by atoms with van der Waals surface area (Å²) in [7, 11) is -3.82. The maximum absolute atomic E-state index is 12.3. The van der Waals surface area contributed by atoms with Crippen LogP contribution < -0.4 is 5.14 Å². The fraction of sp³-hybridized carbons (Fsp3) is 0.600. The van der Waals surface area contributed by atoms with Gasteiger partial charge in [0.25, 0.3) is 0 Å². The highest BCUT2D eigenvalue weighted by atomic mass is 32.2. The molecule has 1 fully saturated rings. The highest BCUT2D eigenvalue weighted by Gasteiger charge is 2.26. The van der Waals surface area contributed by atoms with E-state index in [0.29, 0.717) is 12.2 Å². The van der Waals surface area contributed by atoms with Crippen molar-refractivity contribution in [2.75, 3.05) is 6.61 Å². The largest absolute Gasteiger partial charge is 0.376 e. The molecule has 6 heteroatoms. The van der Waals surface area contributed by atoms with Crippen molar-refractivity contribution in [3.8, 4) is 11.3 Å². The number of benzene rings is 1. The van der Waals surface area contributed by atoms with Crippen LogP contribution in [0.15, 0.2) is 29.2 Å². The number of hydrogen-bond donors (Lipinski definition) is 1. The number of aromatic nitrogens is 1. The maximum Gasteiger partial charge on any atom is 0.239 e. The first-order chi connectivity index (χ1) is 14.2. The highest BCUT2D eigenvalue weighted by Crippen LogP contribution is 2.36. The van der Waals surface area contributed by atoms with Gasteiger partial charge in [0.1, 0.15) is 4.90 Å². The third-order valence-corrected chi connectivity index (χ3v) is 7.27. The Kier molecular flexibility index (Phi) is 6.49. The molecule has 0 radical (unpaired) electrons. The van der Waals surface area contributed by atoms with Gasteiger partial charge in [0.15, 0.2) is 0 Å². The van der Waals surface area contributed by atoms with Crippen molar-refractivity contribution in [2.45, 2.75) is 96.1 Å². The van der Waals surface area contributed by atoms with E-state index >= 15 is 0 Å². The summed E-state index contributed by atoms with van der Waals surface area (Å²) in [6.07, 6.45) is 3.28. The van der Waals surface area contributed by atoms with E-state index in [9.17, 15) is 8.42 Å². The lowest BCUT2D eigenvalue weighted by atomic mass is 9.79. The van der Waals surface area contributed by atoms with Gasteiger partial charge >= 0.3 is 0 Å². The van der Waals surface area contributed by atoms with E-state index in [1.165, 1.54) is 11.1 Å². The molecule has 1 saturated heterocycles. The summed E-state index contributed by atoms with van der Waals surface area (Å²) < 4.78 is 32.7. The van der Waals surface area contributed by atoms with Crippen LogP contribution in [-0.2, 0) is 32.1 Å². The van der Waals surface area contributed by atoms with Crippen LogP contribution in [0.4, 0.5) is 0 Å². The third kappa shape index (κ3) is 5.41. The minimum absolute atomic E-state index is 0.0300. The van der Waals surface area contributed by atoms with Gasteiger partial charge in [-0.2, -0.15) is 0 Å². The molecule has 0 aliphatic carbocycles. The van der Waals surface area contributed by atoms with Crippen LogP contribution in [0.25, 0.3) is 11.3 Å². The Bertz CT molecular complexity index is 1020. The molecule has 1 atom stereocenters. The first kappa shape index (κ1) is 24.0. The summed E-state index contributed by atoms with van der Waals surface area (Å²) >= 11 is 0. The van der Waals surface area contributed by atoms with Crippen molar-refractivity contribution in [1.82, 2.24) is 4.57 Å². The Hall–Kier alpha value is -1.63. The second-order valence-corrected chi connectivity index (χ2v) is 12.5. The second kappa shape index (κ2) is 8.38. The fourth-order valence-electron chi connectivity index (χ4n) is 4.18. The van der Waals surface area contributed by atoms with Crippen LogP contribution in [0.1, 0.15) is 77.6 Å². The predicted octanol–water partition coefficient (Wildman–Crippen LogP) is 5.28. The lowest BCUT2D eigenvalue weighted by Gasteiger charge is -2.27. The van der Waals surface area contributed by atoms with E-state index in [1.807, 2.05) is 6.92 Å². The Morgan fingerprint density at radius 3 is 2.03 bits per heavy atom. The molecule has 0 saturated carbocycles. The Balaban J connectivity index is 2.23. The number of nitrogens with two attached hydrogens (primary N) is 1. The summed E-state index contributed by atoms with van der Waals surface area (Å²) in [5, 5.41) is 5.58. The number of nitrogens with zero attached hydrogens (tertiary/aromatic N) is 1. The Morgan fingerprint density at radius 1 is 1.00 bits per heavy atom. The van der Waals surface area contributed by atoms with Crippen molar-refractivity contribution in [2.24, 2.45) is 5.14 Å². The van der Waals surface area contributed by atoms with E-state index in [2.05, 4.69) is 64.3 Å². The molecule has 172 valence electrons. The summed E-state index contributed by atoms with van der Waals surface area (Å²) in [6.45, 7) is 16.4. The van der Waals surface area contributed by atoms with Crippen LogP contribution in [-0.4, -0.2) is 25.7 Å². The maximum atomic E-state index is 12.3. The number of hydrogen-bond acceptors (Lipinski definition) is 3. The van der Waals surface area contributed by atoms with Gasteiger partial charge in [-0.25, -0.2) is 13.6 Å². The molecule has 1 aromatic heterocycles. The van der Waals surface area contributed by atoms with Gasteiger partial charge in [0.05, 0.1) is 6.10 Å². The SMILES string of the molecule is Cc1c(S(N)(=O)=O)cc(-c2cc(C(C)(C)C)cc(C(C)(C)C)c2)n1CC1CCCCO1. The topological polar surface area (TPSA) is 74.3 Å². The minimum Gasteiger partial charge on any atom is -0.376 e. The third-order valence-electron chi connectivity index (χ3n) is 6.25. The molecule has 5 nitrogen and oxygen atoms in total. The van der Waals surface area contributed by atoms with E-state index in [1.54, 1.807) is 6.07 Å². The molecule has 3 rings (SSSR count). The van der Waals surface area contributed by atoms with E-state index < -0.39 is 10.0 Å². The zero-order valence-corrected chi connectivity index (χ0v) is 20.9. The van der Waals surface area contributed by atoms with Gasteiger partial charge in [-0.05, 0) is 71.9 Å². The zero-order valence-electron chi connectivity index (χ0n) is 20.1. The number of primary sulfonamides is 1. The van der Waals surface area contributed by atoms with Crippen LogP contribution in [0, 0.1) is 6.92 Å². The number of sulfonamides is 1. The molecule has 0 bridgehead atoms. The summed E-state index contributed by atoms with van der Waals surface area (Å²) in [6, 6.07) is 8.39. The molecule has 1 unspecified atom stereocenters. The second-order valence-electron chi connectivity index (χ2n) is 10.9. The quantitative estimate of drug-likeness (QED) is 0.695. The molecule has 0 amide bonds. The first-order valence-electron chi connectivity index (χ1n) is 11.2. The fourth-order valence-corrected chi connectivity index (χ4v) is 4.98. The average Bonchev–Trinajstić information content (AvgIpc) is 2.97. The average molecular weight is 447 g/mol. The minimum atomic E-state index is -3.82. The van der Waals surface area contributed by atoms with Crippen molar-refractivity contribution >= 4 is 10.0 Å². The van der Waals surface area contributed by atoms with Crippen molar-refractivity contribution in [3.05, 3.63) is 41.1 Å². The molecule has 31 heavy (non-hydrogen) atoms. The van der Waals surface area contributed by atoms with Gasteiger partial charge < -0.3 is 9.30 Å². The predicted molar refractivity (Wildman–Crippen MR) is 127 cm³/mol. The number of ether oxygens (including phenoxy) is 1. The summed E-state index contributed by atoms with van der Waals surface area (Å²) in [4.78, 5) is 0.191. The Morgan fingerprint density at radius 2 is 1.58 bits per heavy atom. The normalized spacial score (nSPS) is 18.4. The molecule has 1 aliphatic rings. The standard InChI is InChI=1S/C25H38N2O3S/c1-17-23(31(26,28)29)15-22(27(17)16-21-10-8-9-11-30-21)18-12-19(24(2,3)4)14-20(13-18)25(5,6)7/h12-15,21H,8-11,16H2,1-7H3,(H2,26,28,29). The molecular formula is C25H38N2O3S. The van der Waals surface area contributed by atoms with Crippen molar-refractivity contribution < 1.29 is 13.2 Å². The van der Waals surface area contributed by atoms with Gasteiger partial charge in [-0.1, -0.05) is 47.6 Å². The first-order valence-corrected chi connectivity index (χ1v) is 12.7. The smallest absolute Gasteiger partial charge is 0.239 e. The molecular weight excluding hydrogens is 408 g/mol.